The average molecular weight is 339 g/mol. The molecule has 5 nitrogen and oxygen atoms in total. The standard InChI is InChI=1S/C14H15BrN2O3/c1-6-5-9(20-4)7(2)8(3)10(6)12-11(15)13(14(18)19)17-16-12/h5H,1-4H3,(H,16,17)(H,18,19). The zero-order valence-electron chi connectivity index (χ0n) is 11.7. The molecule has 0 aliphatic heterocycles. The Bertz CT molecular complexity index is 692. The van der Waals surface area contributed by atoms with Crippen molar-refractivity contribution in [2.75, 3.05) is 7.11 Å². The molecule has 2 rings (SSSR count). The van der Waals surface area contributed by atoms with Crippen LogP contribution in [0.15, 0.2) is 10.5 Å². The Balaban J connectivity index is 2.71. The van der Waals surface area contributed by atoms with E-state index in [-0.39, 0.29) is 5.69 Å². The first-order valence-electron chi connectivity index (χ1n) is 6.00. The highest BCUT2D eigenvalue weighted by molar-refractivity contribution is 9.10. The number of ether oxygens (including phenoxy) is 1. The summed E-state index contributed by atoms with van der Waals surface area (Å²) < 4.78 is 5.80. The highest BCUT2D eigenvalue weighted by atomic mass is 79.9. The van der Waals surface area contributed by atoms with Crippen molar-refractivity contribution in [2.24, 2.45) is 0 Å². The zero-order chi connectivity index (χ0) is 15.0. The van der Waals surface area contributed by atoms with Crippen molar-refractivity contribution in [3.63, 3.8) is 0 Å². The van der Waals surface area contributed by atoms with Crippen LogP contribution in [0.25, 0.3) is 11.3 Å². The van der Waals surface area contributed by atoms with E-state index in [9.17, 15) is 4.79 Å². The van der Waals surface area contributed by atoms with Crippen molar-refractivity contribution in [3.05, 3.63) is 32.9 Å². The summed E-state index contributed by atoms with van der Waals surface area (Å²) in [7, 11) is 1.63. The Morgan fingerprint density at radius 2 is 2.00 bits per heavy atom. The largest absolute Gasteiger partial charge is 0.496 e. The highest BCUT2D eigenvalue weighted by Gasteiger charge is 2.21. The van der Waals surface area contributed by atoms with Gasteiger partial charge in [0.05, 0.1) is 11.6 Å². The summed E-state index contributed by atoms with van der Waals surface area (Å²) in [6, 6.07) is 1.93. The first kappa shape index (κ1) is 14.6. The number of aromatic nitrogens is 2. The average Bonchev–Trinajstić information content (AvgIpc) is 2.76. The van der Waals surface area contributed by atoms with Crippen LogP contribution < -0.4 is 4.74 Å². The summed E-state index contributed by atoms with van der Waals surface area (Å²) in [6.07, 6.45) is 0. The third-order valence-corrected chi connectivity index (χ3v) is 4.20. The van der Waals surface area contributed by atoms with Crippen molar-refractivity contribution < 1.29 is 14.6 Å². The molecule has 6 heteroatoms. The van der Waals surface area contributed by atoms with Crippen LogP contribution in [0.1, 0.15) is 27.2 Å². The number of aryl methyl sites for hydroxylation is 1. The Hall–Kier alpha value is -1.82. The maximum atomic E-state index is 11.1. The lowest BCUT2D eigenvalue weighted by Gasteiger charge is -2.14. The number of benzene rings is 1. The summed E-state index contributed by atoms with van der Waals surface area (Å²) >= 11 is 3.31. The molecule has 0 amide bonds. The van der Waals surface area contributed by atoms with E-state index in [1.54, 1.807) is 7.11 Å². The molecule has 0 unspecified atom stereocenters. The van der Waals surface area contributed by atoms with Gasteiger partial charge in [0.1, 0.15) is 11.4 Å². The SMILES string of the molecule is COc1cc(C)c(-c2n[nH]c(C(=O)O)c2Br)c(C)c1C. The summed E-state index contributed by atoms with van der Waals surface area (Å²) in [4.78, 5) is 11.1. The van der Waals surface area contributed by atoms with Crippen LogP contribution in [-0.4, -0.2) is 28.4 Å². The summed E-state index contributed by atoms with van der Waals surface area (Å²) in [5, 5.41) is 15.8. The monoisotopic (exact) mass is 338 g/mol. The van der Waals surface area contributed by atoms with E-state index in [0.29, 0.717) is 10.2 Å². The molecule has 0 atom stereocenters. The van der Waals surface area contributed by atoms with Gasteiger partial charge >= 0.3 is 5.97 Å². The van der Waals surface area contributed by atoms with Crippen molar-refractivity contribution in [3.8, 4) is 17.0 Å². The molecule has 2 N–H and O–H groups in total. The molecule has 1 heterocycles. The van der Waals surface area contributed by atoms with E-state index >= 15 is 0 Å². The van der Waals surface area contributed by atoms with E-state index in [1.807, 2.05) is 26.8 Å². The van der Waals surface area contributed by atoms with Crippen molar-refractivity contribution >= 4 is 21.9 Å². The predicted octanol–water partition coefficient (Wildman–Crippen LogP) is 3.47. The zero-order valence-corrected chi connectivity index (χ0v) is 13.3. The molecular weight excluding hydrogens is 324 g/mol. The van der Waals surface area contributed by atoms with Gasteiger partial charge in [-0.2, -0.15) is 5.10 Å². The number of rotatable bonds is 3. The van der Waals surface area contributed by atoms with Gasteiger partial charge in [0, 0.05) is 5.56 Å². The van der Waals surface area contributed by atoms with Gasteiger partial charge in [-0.05, 0) is 59.5 Å². The minimum atomic E-state index is -1.05. The minimum absolute atomic E-state index is 0.0484. The van der Waals surface area contributed by atoms with Gasteiger partial charge in [0.25, 0.3) is 0 Å². The molecular formula is C14H15BrN2O3. The molecule has 1 aromatic carbocycles. The molecule has 0 radical (unpaired) electrons. The first-order chi connectivity index (χ1) is 9.38. The van der Waals surface area contributed by atoms with Gasteiger partial charge in [-0.3, -0.25) is 5.10 Å². The van der Waals surface area contributed by atoms with Crippen LogP contribution in [0.2, 0.25) is 0 Å². The second kappa shape index (κ2) is 5.28. The molecule has 1 aromatic heterocycles. The lowest BCUT2D eigenvalue weighted by molar-refractivity contribution is 0.0689. The van der Waals surface area contributed by atoms with Crippen LogP contribution in [-0.2, 0) is 0 Å². The fraction of sp³-hybridized carbons (Fsp3) is 0.286. The number of aromatic amines is 1. The molecule has 20 heavy (non-hydrogen) atoms. The van der Waals surface area contributed by atoms with Crippen LogP contribution in [0.3, 0.4) is 0 Å². The van der Waals surface area contributed by atoms with Crippen molar-refractivity contribution in [1.82, 2.24) is 10.2 Å². The number of nitrogens with one attached hydrogen (secondary N) is 1. The molecule has 106 valence electrons. The summed E-state index contributed by atoms with van der Waals surface area (Å²) in [5.74, 6) is -0.231. The number of carboxylic acid groups (broad SMARTS) is 1. The molecule has 2 aromatic rings. The summed E-state index contributed by atoms with van der Waals surface area (Å²) in [6.45, 7) is 5.89. The number of methoxy groups -OCH3 is 1. The lowest BCUT2D eigenvalue weighted by atomic mass is 9.95. The van der Waals surface area contributed by atoms with Gasteiger partial charge in [-0.25, -0.2) is 4.79 Å². The first-order valence-corrected chi connectivity index (χ1v) is 6.80. The van der Waals surface area contributed by atoms with E-state index in [4.69, 9.17) is 9.84 Å². The van der Waals surface area contributed by atoms with E-state index in [1.165, 1.54) is 0 Å². The maximum absolute atomic E-state index is 11.1. The van der Waals surface area contributed by atoms with Crippen molar-refractivity contribution in [2.45, 2.75) is 20.8 Å². The number of halogens is 1. The third kappa shape index (κ3) is 2.20. The van der Waals surface area contributed by atoms with Gasteiger partial charge in [0.2, 0.25) is 0 Å². The Morgan fingerprint density at radius 1 is 1.35 bits per heavy atom. The lowest BCUT2D eigenvalue weighted by Crippen LogP contribution is -1.98. The molecule has 0 bridgehead atoms. The summed E-state index contributed by atoms with van der Waals surface area (Å²) in [5.41, 5.74) is 4.58. The van der Waals surface area contributed by atoms with Crippen LogP contribution in [0.5, 0.6) is 5.75 Å². The van der Waals surface area contributed by atoms with Gasteiger partial charge in [0.15, 0.2) is 5.69 Å². The van der Waals surface area contributed by atoms with E-state index in [2.05, 4.69) is 26.1 Å². The normalized spacial score (nSPS) is 10.7. The minimum Gasteiger partial charge on any atom is -0.496 e. The molecule has 0 saturated heterocycles. The number of aromatic carboxylic acids is 1. The number of hydrogen-bond acceptors (Lipinski definition) is 3. The third-order valence-electron chi connectivity index (χ3n) is 3.43. The fourth-order valence-electron chi connectivity index (χ4n) is 2.26. The maximum Gasteiger partial charge on any atom is 0.355 e. The number of carboxylic acids is 1. The molecule has 0 fully saturated rings. The molecule has 0 saturated carbocycles. The number of nitrogens with zero attached hydrogens (tertiary/aromatic N) is 1. The smallest absolute Gasteiger partial charge is 0.355 e. The van der Waals surface area contributed by atoms with Crippen molar-refractivity contribution in [1.29, 1.82) is 0 Å². The number of carbonyl (C=O) groups is 1. The topological polar surface area (TPSA) is 75.2 Å². The van der Waals surface area contributed by atoms with E-state index < -0.39 is 5.97 Å². The second-order valence-corrected chi connectivity index (χ2v) is 5.38. The Morgan fingerprint density at radius 3 is 2.50 bits per heavy atom. The highest BCUT2D eigenvalue weighted by Crippen LogP contribution is 2.37. The molecule has 0 spiro atoms. The van der Waals surface area contributed by atoms with Crippen LogP contribution in [0.4, 0.5) is 0 Å². The Kier molecular flexibility index (Phi) is 3.85. The van der Waals surface area contributed by atoms with Gasteiger partial charge < -0.3 is 9.84 Å². The van der Waals surface area contributed by atoms with Gasteiger partial charge in [-0.1, -0.05) is 0 Å². The fourth-order valence-corrected chi connectivity index (χ4v) is 2.80. The van der Waals surface area contributed by atoms with Crippen LogP contribution in [0, 0.1) is 20.8 Å². The Labute approximate surface area is 125 Å². The number of H-pyrrole nitrogens is 1. The molecule has 0 aliphatic rings. The predicted molar refractivity (Wildman–Crippen MR) is 79.4 cm³/mol. The van der Waals surface area contributed by atoms with Crippen LogP contribution >= 0.6 is 15.9 Å². The quantitative estimate of drug-likeness (QED) is 0.898. The second-order valence-electron chi connectivity index (χ2n) is 4.59. The number of hydrogen-bond donors (Lipinski definition) is 2. The van der Waals surface area contributed by atoms with E-state index in [0.717, 1.165) is 28.0 Å². The molecule has 0 aliphatic carbocycles. The van der Waals surface area contributed by atoms with Gasteiger partial charge in [-0.15, -0.1) is 0 Å².